The number of rotatable bonds is 3. The minimum absolute atomic E-state index is 0.0642. The van der Waals surface area contributed by atoms with Gasteiger partial charge in [-0.2, -0.15) is 0 Å². The van der Waals surface area contributed by atoms with Crippen molar-refractivity contribution in [2.45, 2.75) is 32.1 Å². The Kier molecular flexibility index (Phi) is 6.61. The van der Waals surface area contributed by atoms with Crippen LogP contribution in [0, 0.1) is 5.82 Å². The van der Waals surface area contributed by atoms with E-state index >= 15 is 0 Å². The van der Waals surface area contributed by atoms with Crippen LogP contribution >= 0.6 is 0 Å². The van der Waals surface area contributed by atoms with Crippen LogP contribution in [0.25, 0.3) is 0 Å². The zero-order chi connectivity index (χ0) is 18.4. The fraction of sp³-hybridized carbons (Fsp3) is 0.600. The minimum atomic E-state index is -0.337. The van der Waals surface area contributed by atoms with E-state index in [4.69, 9.17) is 0 Å². The van der Waals surface area contributed by atoms with Gasteiger partial charge >= 0.3 is 0 Å². The molecule has 3 rings (SSSR count). The summed E-state index contributed by atoms with van der Waals surface area (Å²) < 4.78 is 13.0. The smallest absolute Gasteiger partial charge is 0.253 e. The van der Waals surface area contributed by atoms with Crippen LogP contribution in [-0.2, 0) is 4.79 Å². The van der Waals surface area contributed by atoms with E-state index in [2.05, 4.69) is 4.90 Å². The molecule has 0 atom stereocenters. The SMILES string of the molecule is O=C(CN1CCCN(C(=O)c2ccc(F)cc2)CC1)N1CCCCCC1. The van der Waals surface area contributed by atoms with E-state index in [1.54, 1.807) is 0 Å². The van der Waals surface area contributed by atoms with Crippen LogP contribution in [0.1, 0.15) is 42.5 Å². The predicted molar refractivity (Wildman–Crippen MR) is 98.4 cm³/mol. The first-order valence-corrected chi connectivity index (χ1v) is 9.68. The maximum atomic E-state index is 13.0. The number of benzene rings is 1. The molecule has 2 fully saturated rings. The van der Waals surface area contributed by atoms with Gasteiger partial charge in [-0.25, -0.2) is 4.39 Å². The third-order valence-electron chi connectivity index (χ3n) is 5.28. The first-order chi connectivity index (χ1) is 12.6. The molecule has 26 heavy (non-hydrogen) atoms. The molecule has 2 saturated heterocycles. The molecule has 2 aliphatic heterocycles. The molecule has 5 nitrogen and oxygen atoms in total. The van der Waals surface area contributed by atoms with E-state index in [-0.39, 0.29) is 17.6 Å². The third-order valence-corrected chi connectivity index (χ3v) is 5.28. The van der Waals surface area contributed by atoms with Gasteiger partial charge < -0.3 is 9.80 Å². The van der Waals surface area contributed by atoms with Gasteiger partial charge in [0.1, 0.15) is 5.82 Å². The van der Waals surface area contributed by atoms with Gasteiger partial charge in [-0.15, -0.1) is 0 Å². The van der Waals surface area contributed by atoms with Crippen LogP contribution in [0.3, 0.4) is 0 Å². The summed E-state index contributed by atoms with van der Waals surface area (Å²) in [5.41, 5.74) is 0.514. The Morgan fingerprint density at radius 2 is 1.42 bits per heavy atom. The largest absolute Gasteiger partial charge is 0.342 e. The molecule has 2 heterocycles. The zero-order valence-electron chi connectivity index (χ0n) is 15.3. The number of hydrogen-bond acceptors (Lipinski definition) is 3. The Balaban J connectivity index is 1.52. The standard InChI is InChI=1S/C20H28FN3O2/c21-18-8-6-17(7-9-18)20(26)24-13-5-10-22(14-15-24)16-19(25)23-11-3-1-2-4-12-23/h6-9H,1-5,10-16H2. The Morgan fingerprint density at radius 3 is 2.12 bits per heavy atom. The molecule has 2 aliphatic rings. The number of hydrogen-bond donors (Lipinski definition) is 0. The van der Waals surface area contributed by atoms with Crippen molar-refractivity contribution in [1.82, 2.24) is 14.7 Å². The molecule has 2 amide bonds. The van der Waals surface area contributed by atoms with Crippen molar-refractivity contribution in [3.05, 3.63) is 35.6 Å². The van der Waals surface area contributed by atoms with Gasteiger partial charge in [0.2, 0.25) is 5.91 Å². The highest BCUT2D eigenvalue weighted by Crippen LogP contribution is 2.13. The number of carbonyl (C=O) groups excluding carboxylic acids is 2. The fourth-order valence-electron chi connectivity index (χ4n) is 3.72. The van der Waals surface area contributed by atoms with Crippen LogP contribution in [-0.4, -0.2) is 72.3 Å². The molecule has 0 saturated carbocycles. The topological polar surface area (TPSA) is 43.9 Å². The number of nitrogens with zero attached hydrogens (tertiary/aromatic N) is 3. The lowest BCUT2D eigenvalue weighted by Gasteiger charge is -2.26. The Morgan fingerprint density at radius 1 is 0.769 bits per heavy atom. The molecule has 0 N–H and O–H groups in total. The molecule has 0 aromatic heterocycles. The van der Waals surface area contributed by atoms with Gasteiger partial charge in [-0.1, -0.05) is 12.8 Å². The second kappa shape index (κ2) is 9.12. The second-order valence-electron chi connectivity index (χ2n) is 7.22. The maximum Gasteiger partial charge on any atom is 0.253 e. The molecule has 1 aromatic rings. The van der Waals surface area contributed by atoms with E-state index in [9.17, 15) is 14.0 Å². The van der Waals surface area contributed by atoms with Crippen molar-refractivity contribution in [1.29, 1.82) is 0 Å². The van der Waals surface area contributed by atoms with Crippen molar-refractivity contribution < 1.29 is 14.0 Å². The highest BCUT2D eigenvalue weighted by molar-refractivity contribution is 5.94. The number of carbonyl (C=O) groups is 2. The van der Waals surface area contributed by atoms with Gasteiger partial charge in [-0.05, 0) is 43.5 Å². The van der Waals surface area contributed by atoms with Crippen LogP contribution in [0.2, 0.25) is 0 Å². The highest BCUT2D eigenvalue weighted by Gasteiger charge is 2.23. The molecular weight excluding hydrogens is 333 g/mol. The Bertz CT molecular complexity index is 612. The van der Waals surface area contributed by atoms with Gasteiger partial charge in [0.25, 0.3) is 5.91 Å². The average molecular weight is 361 g/mol. The summed E-state index contributed by atoms with van der Waals surface area (Å²) in [6.07, 6.45) is 5.49. The average Bonchev–Trinajstić information content (AvgIpc) is 3.05. The van der Waals surface area contributed by atoms with Crippen LogP contribution in [0.15, 0.2) is 24.3 Å². The normalized spacial score (nSPS) is 19.7. The lowest BCUT2D eigenvalue weighted by Crippen LogP contribution is -2.42. The second-order valence-corrected chi connectivity index (χ2v) is 7.22. The molecule has 0 spiro atoms. The Hall–Kier alpha value is -1.95. The lowest BCUT2D eigenvalue weighted by atomic mass is 10.2. The molecular formula is C20H28FN3O2. The lowest BCUT2D eigenvalue weighted by molar-refractivity contribution is -0.132. The Labute approximate surface area is 154 Å². The van der Waals surface area contributed by atoms with Crippen molar-refractivity contribution in [2.75, 3.05) is 45.8 Å². The molecule has 0 bridgehead atoms. The first-order valence-electron chi connectivity index (χ1n) is 9.68. The van der Waals surface area contributed by atoms with E-state index in [1.807, 2.05) is 9.80 Å². The van der Waals surface area contributed by atoms with Crippen molar-refractivity contribution in [2.24, 2.45) is 0 Å². The van der Waals surface area contributed by atoms with Crippen LogP contribution < -0.4 is 0 Å². The number of amides is 2. The number of halogens is 1. The zero-order valence-corrected chi connectivity index (χ0v) is 15.3. The summed E-state index contributed by atoms with van der Waals surface area (Å²) in [6, 6.07) is 5.70. The molecule has 0 unspecified atom stereocenters. The van der Waals surface area contributed by atoms with Crippen LogP contribution in [0.4, 0.5) is 4.39 Å². The summed E-state index contributed by atoms with van der Waals surface area (Å²) >= 11 is 0. The van der Waals surface area contributed by atoms with E-state index in [0.717, 1.165) is 38.9 Å². The van der Waals surface area contributed by atoms with Gasteiger partial charge in [0, 0.05) is 44.8 Å². The van der Waals surface area contributed by atoms with Gasteiger partial charge in [0.15, 0.2) is 0 Å². The summed E-state index contributed by atoms with van der Waals surface area (Å²) in [7, 11) is 0. The monoisotopic (exact) mass is 361 g/mol. The highest BCUT2D eigenvalue weighted by atomic mass is 19.1. The first kappa shape index (κ1) is 18.8. The molecule has 0 radical (unpaired) electrons. The van der Waals surface area contributed by atoms with Crippen molar-refractivity contribution in [3.63, 3.8) is 0 Å². The van der Waals surface area contributed by atoms with Crippen molar-refractivity contribution in [3.8, 4) is 0 Å². The van der Waals surface area contributed by atoms with E-state index in [1.165, 1.54) is 37.1 Å². The van der Waals surface area contributed by atoms with E-state index < -0.39 is 0 Å². The number of likely N-dealkylation sites (tertiary alicyclic amines) is 1. The van der Waals surface area contributed by atoms with E-state index in [0.29, 0.717) is 31.7 Å². The molecule has 6 heteroatoms. The quantitative estimate of drug-likeness (QED) is 0.830. The minimum Gasteiger partial charge on any atom is -0.342 e. The molecule has 1 aromatic carbocycles. The summed E-state index contributed by atoms with van der Waals surface area (Å²) in [4.78, 5) is 31.1. The summed E-state index contributed by atoms with van der Waals surface area (Å²) in [6.45, 7) is 5.00. The summed E-state index contributed by atoms with van der Waals surface area (Å²) in [5.74, 6) is -0.188. The van der Waals surface area contributed by atoms with Crippen LogP contribution in [0.5, 0.6) is 0 Å². The third kappa shape index (κ3) is 5.04. The predicted octanol–water partition coefficient (Wildman–Crippen LogP) is 2.38. The fourth-order valence-corrected chi connectivity index (χ4v) is 3.72. The molecule has 0 aliphatic carbocycles. The molecule has 142 valence electrons. The van der Waals surface area contributed by atoms with Gasteiger partial charge in [0.05, 0.1) is 6.54 Å². The maximum absolute atomic E-state index is 13.0. The summed E-state index contributed by atoms with van der Waals surface area (Å²) in [5, 5.41) is 0. The van der Waals surface area contributed by atoms with Gasteiger partial charge in [-0.3, -0.25) is 14.5 Å². The van der Waals surface area contributed by atoms with Crippen molar-refractivity contribution >= 4 is 11.8 Å².